The van der Waals surface area contributed by atoms with Gasteiger partial charge in [0.1, 0.15) is 0 Å². The summed E-state index contributed by atoms with van der Waals surface area (Å²) in [6.45, 7) is 6.34. The van der Waals surface area contributed by atoms with Gasteiger partial charge in [-0.15, -0.1) is 0 Å². The highest BCUT2D eigenvalue weighted by Gasteiger charge is 2.23. The maximum absolute atomic E-state index is 5.68. The third-order valence-electron chi connectivity index (χ3n) is 5.23. The second kappa shape index (κ2) is 6.90. The summed E-state index contributed by atoms with van der Waals surface area (Å²) in [6, 6.07) is 15.6. The highest BCUT2D eigenvalue weighted by atomic mass is 16.4. The molecule has 2 aliphatic rings. The third kappa shape index (κ3) is 3.29. The first kappa shape index (κ1) is 15.6. The predicted octanol–water partition coefficient (Wildman–Crippen LogP) is 3.65. The van der Waals surface area contributed by atoms with Gasteiger partial charge in [0.05, 0.1) is 6.61 Å². The van der Waals surface area contributed by atoms with Gasteiger partial charge in [-0.05, 0) is 60.1 Å². The Kier molecular flexibility index (Phi) is 4.48. The zero-order valence-electron chi connectivity index (χ0n) is 14.4. The fourth-order valence-electron chi connectivity index (χ4n) is 3.70. The first-order chi connectivity index (χ1) is 11.8. The zero-order valence-corrected chi connectivity index (χ0v) is 14.4. The molecule has 1 fully saturated rings. The minimum absolute atomic E-state index is 0.213. The summed E-state index contributed by atoms with van der Waals surface area (Å²) in [5.74, 6) is 0. The van der Waals surface area contributed by atoms with Crippen molar-refractivity contribution in [3.8, 4) is 0 Å². The zero-order chi connectivity index (χ0) is 16.4. The molecule has 2 heterocycles. The summed E-state index contributed by atoms with van der Waals surface area (Å²) in [4.78, 5) is 2.50. The molecule has 0 unspecified atom stereocenters. The molecule has 2 aromatic carbocycles. The first-order valence-electron chi connectivity index (χ1n) is 9.12. The van der Waals surface area contributed by atoms with E-state index in [0.717, 1.165) is 13.2 Å². The van der Waals surface area contributed by atoms with Crippen molar-refractivity contribution in [2.24, 2.45) is 0 Å². The molecule has 1 N–H and O–H groups in total. The molecule has 2 aliphatic heterocycles. The Morgan fingerprint density at radius 1 is 1.04 bits per heavy atom. The first-order valence-corrected chi connectivity index (χ1v) is 9.12. The molecule has 3 nitrogen and oxygen atoms in total. The van der Waals surface area contributed by atoms with Crippen molar-refractivity contribution in [1.82, 2.24) is 0 Å². The third-order valence-corrected chi connectivity index (χ3v) is 5.23. The van der Waals surface area contributed by atoms with Crippen LogP contribution in [-0.4, -0.2) is 20.0 Å². The number of nitrogens with one attached hydrogen (secondary N) is 1. The summed E-state index contributed by atoms with van der Waals surface area (Å²) in [7, 11) is 0. The fraction of sp³-hybridized carbons (Fsp3) is 0.400. The lowest BCUT2D eigenvalue weighted by Crippen LogP contribution is -2.29. The van der Waals surface area contributed by atoms with Gasteiger partial charge in [0.15, 0.2) is 0 Å². The van der Waals surface area contributed by atoms with Gasteiger partial charge in [0, 0.05) is 31.0 Å². The molecule has 0 amide bonds. The molecule has 0 aliphatic carbocycles. The lowest BCUT2D eigenvalue weighted by molar-refractivity contribution is 0.333. The van der Waals surface area contributed by atoms with Crippen molar-refractivity contribution in [2.75, 3.05) is 23.3 Å². The summed E-state index contributed by atoms with van der Waals surface area (Å²) < 4.78 is 5.68. The monoisotopic (exact) mass is 320 g/mol. The largest absolute Gasteiger partial charge is 0.427 e. The van der Waals surface area contributed by atoms with Crippen molar-refractivity contribution in [3.63, 3.8) is 0 Å². The van der Waals surface area contributed by atoms with E-state index < -0.39 is 0 Å². The van der Waals surface area contributed by atoms with Gasteiger partial charge >= 0.3 is 6.92 Å². The van der Waals surface area contributed by atoms with E-state index in [1.165, 1.54) is 60.3 Å². The fourth-order valence-corrected chi connectivity index (χ4v) is 3.70. The molecule has 1 saturated heterocycles. The molecule has 2 aromatic rings. The van der Waals surface area contributed by atoms with Crippen molar-refractivity contribution < 1.29 is 4.65 Å². The minimum atomic E-state index is 0.213. The van der Waals surface area contributed by atoms with E-state index >= 15 is 0 Å². The number of hydrogen-bond acceptors (Lipinski definition) is 3. The number of nitrogens with zero attached hydrogens (tertiary/aromatic N) is 1. The van der Waals surface area contributed by atoms with E-state index in [9.17, 15) is 0 Å². The minimum Gasteiger partial charge on any atom is -0.427 e. The van der Waals surface area contributed by atoms with Gasteiger partial charge in [0.25, 0.3) is 0 Å². The van der Waals surface area contributed by atoms with E-state index in [2.05, 4.69) is 59.5 Å². The number of hydrogen-bond donors (Lipinski definition) is 1. The lowest BCUT2D eigenvalue weighted by atomic mass is 9.64. The smallest absolute Gasteiger partial charge is 0.324 e. The Morgan fingerprint density at radius 3 is 2.62 bits per heavy atom. The van der Waals surface area contributed by atoms with Crippen LogP contribution in [0.15, 0.2) is 42.5 Å². The highest BCUT2D eigenvalue weighted by Crippen LogP contribution is 2.21. The quantitative estimate of drug-likeness (QED) is 0.871. The van der Waals surface area contributed by atoms with Gasteiger partial charge < -0.3 is 14.9 Å². The van der Waals surface area contributed by atoms with Gasteiger partial charge in [-0.25, -0.2) is 0 Å². The Labute approximate surface area is 145 Å². The van der Waals surface area contributed by atoms with Crippen LogP contribution in [0.4, 0.5) is 11.4 Å². The molecular formula is C20H25BN2O. The van der Waals surface area contributed by atoms with Gasteiger partial charge in [0.2, 0.25) is 0 Å². The molecule has 0 bridgehead atoms. The molecule has 24 heavy (non-hydrogen) atoms. The Balaban J connectivity index is 1.38. The van der Waals surface area contributed by atoms with E-state index in [1.807, 2.05) is 0 Å². The Hall–Kier alpha value is -1.94. The maximum Gasteiger partial charge on any atom is 0.324 e. The van der Waals surface area contributed by atoms with Crippen molar-refractivity contribution >= 4 is 23.8 Å². The van der Waals surface area contributed by atoms with Crippen LogP contribution < -0.4 is 15.7 Å². The predicted molar refractivity (Wildman–Crippen MR) is 102 cm³/mol. The summed E-state index contributed by atoms with van der Waals surface area (Å²) in [5.41, 5.74) is 6.49. The van der Waals surface area contributed by atoms with Crippen LogP contribution in [0.2, 0.25) is 6.82 Å². The second-order valence-corrected chi connectivity index (χ2v) is 6.93. The van der Waals surface area contributed by atoms with E-state index in [1.54, 1.807) is 0 Å². The molecule has 4 heteroatoms. The van der Waals surface area contributed by atoms with Crippen LogP contribution in [-0.2, 0) is 17.8 Å². The van der Waals surface area contributed by atoms with Crippen LogP contribution in [0.1, 0.15) is 30.4 Å². The van der Waals surface area contributed by atoms with E-state index in [4.69, 9.17) is 4.65 Å². The average molecular weight is 320 g/mol. The van der Waals surface area contributed by atoms with Crippen molar-refractivity contribution in [3.05, 3.63) is 53.6 Å². The van der Waals surface area contributed by atoms with Crippen LogP contribution in [0.25, 0.3) is 0 Å². The number of piperidine rings is 1. The topological polar surface area (TPSA) is 24.5 Å². The maximum atomic E-state index is 5.68. The Bertz CT molecular complexity index is 695. The van der Waals surface area contributed by atoms with Crippen LogP contribution in [0, 0.1) is 0 Å². The van der Waals surface area contributed by atoms with Crippen LogP contribution in [0.5, 0.6) is 0 Å². The molecule has 0 spiro atoms. The molecule has 0 atom stereocenters. The normalized spacial score (nSPS) is 17.0. The summed E-state index contributed by atoms with van der Waals surface area (Å²) >= 11 is 0. The second-order valence-electron chi connectivity index (χ2n) is 6.93. The van der Waals surface area contributed by atoms with Crippen LogP contribution >= 0.6 is 0 Å². The highest BCUT2D eigenvalue weighted by molar-refractivity contribution is 6.67. The molecule has 0 radical (unpaired) electrons. The molecular weight excluding hydrogens is 295 g/mol. The molecule has 0 saturated carbocycles. The van der Waals surface area contributed by atoms with Crippen LogP contribution in [0.3, 0.4) is 0 Å². The van der Waals surface area contributed by atoms with E-state index in [-0.39, 0.29) is 6.92 Å². The average Bonchev–Trinajstić information content (AvgIpc) is 3.02. The van der Waals surface area contributed by atoms with Crippen molar-refractivity contribution in [2.45, 2.75) is 39.2 Å². The van der Waals surface area contributed by atoms with Crippen molar-refractivity contribution in [1.29, 1.82) is 0 Å². The number of anilines is 2. The molecule has 4 rings (SSSR count). The summed E-state index contributed by atoms with van der Waals surface area (Å²) in [6.07, 6.45) is 4.02. The lowest BCUT2D eigenvalue weighted by Gasteiger charge is -2.28. The number of rotatable bonds is 4. The number of benzene rings is 2. The SMILES string of the molecule is CB1OCc2ccc(NCc3ccc(N4CCCCC4)cc3)cc21. The standard InChI is InChI=1S/C20H25BN2O/c1-21-20-13-18(8-7-17(20)15-24-21)22-14-16-5-9-19(10-6-16)23-11-3-2-4-12-23/h5-10,13,22H,2-4,11-12,14-15H2,1H3. The molecule has 124 valence electrons. The van der Waals surface area contributed by atoms with Gasteiger partial charge in [-0.3, -0.25) is 0 Å². The number of fused-ring (bicyclic) bond motifs is 1. The molecule has 0 aromatic heterocycles. The van der Waals surface area contributed by atoms with Gasteiger partial charge in [-0.2, -0.15) is 0 Å². The van der Waals surface area contributed by atoms with Gasteiger partial charge in [-0.1, -0.05) is 25.0 Å². The summed E-state index contributed by atoms with van der Waals surface area (Å²) in [5, 5.41) is 3.54. The Morgan fingerprint density at radius 2 is 1.83 bits per heavy atom. The van der Waals surface area contributed by atoms with E-state index in [0.29, 0.717) is 0 Å².